The molecule has 0 fully saturated rings. The molecule has 0 bridgehead atoms. The molecular weight excluding hydrogens is 291 g/mol. The van der Waals surface area contributed by atoms with Crippen LogP contribution >= 0.6 is 12.4 Å². The number of halogens is 2. The van der Waals surface area contributed by atoms with Gasteiger partial charge in [-0.1, -0.05) is 0 Å². The second-order valence-corrected chi connectivity index (χ2v) is 1.35. The van der Waals surface area contributed by atoms with Gasteiger partial charge in [0, 0.05) is 0 Å². The molecule has 0 atom stereocenters. The molecule has 0 aromatic rings. The first-order valence-corrected chi connectivity index (χ1v) is 3.20. The summed E-state index contributed by atoms with van der Waals surface area (Å²) in [6.07, 6.45) is 0. The minimum atomic E-state index is -3.76. The van der Waals surface area contributed by atoms with Crippen molar-refractivity contribution in [3.05, 3.63) is 0 Å². The Hall–Kier alpha value is 3.42. The van der Waals surface area contributed by atoms with Crippen molar-refractivity contribution < 1.29 is 31.4 Å². The van der Waals surface area contributed by atoms with Gasteiger partial charge in [-0.3, -0.25) is 0 Å². The van der Waals surface area contributed by atoms with Gasteiger partial charge in [-0.25, -0.2) is 0 Å². The van der Waals surface area contributed by atoms with Gasteiger partial charge in [0.2, 0.25) is 0 Å². The second-order valence-electron chi connectivity index (χ2n) is 0.201. The Morgan fingerprint density at radius 2 is 1.14 bits per heavy atom. The van der Waals surface area contributed by atoms with E-state index in [4.69, 9.17) is 10.3 Å². The van der Waals surface area contributed by atoms with E-state index in [1.165, 1.54) is 0 Å². The van der Waals surface area contributed by atoms with Gasteiger partial charge in [-0.05, 0) is 3.44 Å². The van der Waals surface area contributed by atoms with E-state index >= 15 is 0 Å². The molecule has 0 heterocycles. The fourth-order valence-corrected chi connectivity index (χ4v) is 0. The molecule has 0 radical (unpaired) electrons. The van der Waals surface area contributed by atoms with Gasteiger partial charge < -0.3 is 6.87 Å². The van der Waals surface area contributed by atoms with Crippen LogP contribution in [-0.4, -0.2) is 78.9 Å². The van der Waals surface area contributed by atoms with E-state index in [9.17, 15) is 0 Å². The first-order valence-electron chi connectivity index (χ1n) is 0.478. The predicted octanol–water partition coefficient (Wildman–Crippen LogP) is -7.34. The van der Waals surface area contributed by atoms with E-state index in [0.717, 1.165) is 0 Å². The van der Waals surface area contributed by atoms with E-state index in [1.807, 2.05) is 0 Å². The average molecular weight is 297 g/mol. The zero-order valence-electron chi connectivity index (χ0n) is 2.05. The van der Waals surface area contributed by atoms with E-state index < -0.39 is 21.1 Å². The molecule has 7 heteroatoms. The van der Waals surface area contributed by atoms with E-state index in [1.54, 1.807) is 0 Å². The van der Waals surface area contributed by atoms with Crippen LogP contribution in [0.3, 0.4) is 0 Å². The molecule has 0 saturated carbocycles. The van der Waals surface area contributed by atoms with Crippen molar-refractivity contribution in [2.45, 2.75) is 0 Å². The summed E-state index contributed by atoms with van der Waals surface area (Å²) < 4.78 is 24.5. The van der Waals surface area contributed by atoms with Crippen molar-refractivity contribution in [2.24, 2.45) is 0 Å². The summed E-state index contributed by atoms with van der Waals surface area (Å²) in [5.74, 6) is 0. The maximum absolute atomic E-state index is 8.68. The topological polar surface area (TPSA) is 66.3 Å². The Morgan fingerprint density at radius 3 is 1.14 bits per heavy atom. The number of hydrogen-bond donors (Lipinski definition) is 1. The molecule has 0 aliphatic carbocycles. The second kappa shape index (κ2) is 16.2. The average Bonchev–Trinajstić information content (AvgIpc) is 0.811. The van der Waals surface area contributed by atoms with Gasteiger partial charge in [-0.15, -0.1) is 12.4 Å². The van der Waals surface area contributed by atoms with Gasteiger partial charge in [0.15, 0.2) is 0 Å². The maximum atomic E-state index is 8.68. The molecule has 0 aromatic heterocycles. The van der Waals surface area contributed by atoms with Crippen LogP contribution in [0, 0.1) is 0 Å². The van der Waals surface area contributed by atoms with Gasteiger partial charge in [0.25, 0.3) is 0 Å². The van der Waals surface area contributed by atoms with Gasteiger partial charge in [0.1, 0.15) is 0 Å². The van der Waals surface area contributed by atoms with Crippen LogP contribution in [0.1, 0.15) is 0 Å². The minimum absolute atomic E-state index is 0. The number of rotatable bonds is 0. The Balaban J connectivity index is -0.0000000150. The molecule has 0 rings (SSSR count). The fraction of sp³-hybridized carbons (Fsp3) is 0. The molecule has 0 aliphatic rings. The zero-order valence-corrected chi connectivity index (χ0v) is 5.02. The Labute approximate surface area is 116 Å². The fourth-order valence-electron chi connectivity index (χ4n) is 0. The molecule has 0 aromatic carbocycles. The molecule has 42 valence electrons. The molecule has 0 saturated heterocycles. The molecule has 0 spiro atoms. The van der Waals surface area contributed by atoms with Crippen LogP contribution < -0.4 is 27.9 Å². The quantitative estimate of drug-likeness (QED) is 0.357. The van der Waals surface area contributed by atoms with Crippen molar-refractivity contribution in [2.75, 3.05) is 0 Å². The Bertz CT molecular complexity index is 17.7. The van der Waals surface area contributed by atoms with Crippen LogP contribution in [-0.2, 0) is 0 Å². The number of hydrogen-bond acceptors (Lipinski definition) is 3. The van der Waals surface area contributed by atoms with Crippen molar-refractivity contribution >= 4 is 87.9 Å². The van der Waals surface area contributed by atoms with E-state index in [-0.39, 0.29) is 87.9 Å². The summed E-state index contributed by atoms with van der Waals surface area (Å²) in [6, 6.07) is 0. The van der Waals surface area contributed by atoms with E-state index in [0.29, 0.717) is 0 Å². The molecule has 1 N–H and O–H groups in total. The third kappa shape index (κ3) is 44.3. The summed E-state index contributed by atoms with van der Waals surface area (Å²) in [5.41, 5.74) is 0. The Kier molecular flexibility index (Phi) is 51.9. The van der Waals surface area contributed by atoms with Crippen molar-refractivity contribution in [3.63, 3.8) is 0 Å². The zero-order chi connectivity index (χ0) is 3.58. The van der Waals surface area contributed by atoms with Crippen LogP contribution in [0.2, 0.25) is 0 Å². The smallest absolute Gasteiger partial charge is 0.396 e. The molecule has 0 amide bonds. The van der Waals surface area contributed by atoms with Crippen molar-refractivity contribution in [1.29, 1.82) is 0 Å². The molecule has 7 heavy (non-hydrogen) atoms. The summed E-state index contributed by atoms with van der Waals surface area (Å²) in [4.78, 5) is 0. The van der Waals surface area contributed by atoms with Gasteiger partial charge >= 0.3 is 96.5 Å². The summed E-state index contributed by atoms with van der Waals surface area (Å²) in [7, 11) is 0. The summed E-state index contributed by atoms with van der Waals surface area (Å²) >= 11 is -3.76. The van der Waals surface area contributed by atoms with Crippen LogP contribution in [0.4, 0.5) is 0 Å². The monoisotopic (exact) mass is 296 g/mol. The third-order valence-electron chi connectivity index (χ3n) is 0. The molecule has 3 nitrogen and oxygen atoms in total. The largest absolute Gasteiger partial charge is 0.503 e. The van der Waals surface area contributed by atoms with Crippen LogP contribution in [0.25, 0.3) is 0 Å². The predicted molar refractivity (Wildman–Crippen MR) is 26.6 cm³/mol. The van der Waals surface area contributed by atoms with Crippen molar-refractivity contribution in [1.82, 2.24) is 0 Å². The minimum Gasteiger partial charge on any atom is -0.396 e. The summed E-state index contributed by atoms with van der Waals surface area (Å²) in [5, 5.41) is 0. The first kappa shape index (κ1) is 22.4. The molecular formula is H6Ca2ClIO3. The van der Waals surface area contributed by atoms with Crippen molar-refractivity contribution in [3.8, 4) is 0 Å². The van der Waals surface area contributed by atoms with Gasteiger partial charge in [-0.2, -0.15) is 0 Å². The van der Waals surface area contributed by atoms with Gasteiger partial charge in [0.05, 0.1) is 0 Å². The van der Waals surface area contributed by atoms with E-state index in [2.05, 4.69) is 0 Å². The SMILES string of the molecule is Cl.[CaH2].[CaH2].[O-][I+2]([O-])O. The van der Waals surface area contributed by atoms with Crippen LogP contribution in [0.5, 0.6) is 0 Å². The van der Waals surface area contributed by atoms with Crippen LogP contribution in [0.15, 0.2) is 0 Å². The molecule has 0 unspecified atom stereocenters. The maximum Gasteiger partial charge on any atom is 0.503 e. The third-order valence-corrected chi connectivity index (χ3v) is 0. The summed E-state index contributed by atoms with van der Waals surface area (Å²) in [6.45, 7) is 0. The Morgan fingerprint density at radius 1 is 1.14 bits per heavy atom. The molecule has 0 aliphatic heterocycles. The standard InChI is InChI=1S/2Ca.ClH.HIO3.4H/c;;;2-1(3)4;;;;/h;;1H;2H;;;;. The normalized spacial score (nSPS) is 5.14. The first-order chi connectivity index (χ1) is 1.73.